The molecule has 15 N–H and O–H groups in total. The number of aldehydes is 1. The summed E-state index contributed by atoms with van der Waals surface area (Å²) >= 11 is 0. The summed E-state index contributed by atoms with van der Waals surface area (Å²) in [4.78, 5) is 31.4. The third-order valence-electron chi connectivity index (χ3n) is 5.96. The predicted octanol–water partition coefficient (Wildman–Crippen LogP) is -9.53. The van der Waals surface area contributed by atoms with Gasteiger partial charge in [0.1, 0.15) is 73.1 Å². The number of hydrogen-bond donors (Lipinski definition) is 15. The molecule has 14 atom stereocenters. The van der Waals surface area contributed by atoms with Crippen LogP contribution in [0.2, 0.25) is 0 Å². The topological polar surface area (TPSA) is 357 Å². The number of ether oxygens (including phenoxy) is 2. The average Bonchev–Trinajstić information content (AvgIpc) is 2.95. The molecule has 2 aliphatic heterocycles. The first kappa shape index (κ1) is 40.0. The van der Waals surface area contributed by atoms with Gasteiger partial charge >= 0.3 is 0 Å². The maximum Gasteiger partial charge on any atom is 0.217 e. The zero-order valence-corrected chi connectivity index (χ0v) is 22.6. The molecule has 20 nitrogen and oxygen atoms in total. The lowest BCUT2D eigenvalue weighted by Crippen LogP contribution is -2.63. The van der Waals surface area contributed by atoms with E-state index in [-0.39, 0.29) is 6.29 Å². The first-order valence-electron chi connectivity index (χ1n) is 12.4. The molecule has 0 aliphatic carbocycles. The number of amides is 2. The monoisotopic (exact) mass is 622 g/mol. The number of carbonyl (C=O) groups excluding carboxylic acids is 3. The Morgan fingerprint density at radius 1 is 0.690 bits per heavy atom. The number of hydrogen-bond acceptors (Lipinski definition) is 18. The molecular weight excluding hydrogens is 580 g/mol. The van der Waals surface area contributed by atoms with E-state index in [1.54, 1.807) is 0 Å². The van der Waals surface area contributed by atoms with Crippen molar-refractivity contribution in [1.29, 1.82) is 0 Å². The van der Waals surface area contributed by atoms with Crippen molar-refractivity contribution in [3.63, 3.8) is 0 Å². The number of carbonyl (C=O) groups is 3. The second-order valence-electron chi connectivity index (χ2n) is 9.27. The van der Waals surface area contributed by atoms with E-state index in [9.17, 15) is 45.0 Å². The van der Waals surface area contributed by atoms with Crippen LogP contribution < -0.4 is 10.6 Å². The number of nitrogens with one attached hydrogen (secondary N) is 2. The summed E-state index contributed by atoms with van der Waals surface area (Å²) in [6.45, 7) is 0.613. The summed E-state index contributed by atoms with van der Waals surface area (Å²) in [5.41, 5.74) is 0. The van der Waals surface area contributed by atoms with Gasteiger partial charge in [-0.25, -0.2) is 0 Å². The second-order valence-corrected chi connectivity index (χ2v) is 9.27. The molecule has 0 radical (unpaired) electrons. The van der Waals surface area contributed by atoms with Gasteiger partial charge in [-0.2, -0.15) is 0 Å². The van der Waals surface area contributed by atoms with E-state index in [1.807, 2.05) is 0 Å². The van der Waals surface area contributed by atoms with Gasteiger partial charge in [0, 0.05) is 13.8 Å². The van der Waals surface area contributed by atoms with E-state index < -0.39 is 117 Å². The second kappa shape index (κ2) is 19.3. The van der Waals surface area contributed by atoms with Gasteiger partial charge in [0.25, 0.3) is 0 Å². The van der Waals surface area contributed by atoms with Gasteiger partial charge in [-0.05, 0) is 0 Å². The Morgan fingerprint density at radius 2 is 1.05 bits per heavy atom. The largest absolute Gasteiger partial charge is 0.394 e. The quantitative estimate of drug-likeness (QED) is 0.106. The number of aliphatic hydroxyl groups excluding tert-OH is 13. The van der Waals surface area contributed by atoms with E-state index in [2.05, 4.69) is 10.6 Å². The van der Waals surface area contributed by atoms with E-state index in [1.165, 1.54) is 13.8 Å². The van der Waals surface area contributed by atoms with Gasteiger partial charge < -0.3 is 91.3 Å². The Balaban J connectivity index is 0.000000606. The summed E-state index contributed by atoms with van der Waals surface area (Å²) in [5.74, 6) is -0.923. The third kappa shape index (κ3) is 11.9. The highest BCUT2D eigenvalue weighted by Crippen LogP contribution is 2.20. The molecule has 20 heteroatoms. The van der Waals surface area contributed by atoms with Crippen molar-refractivity contribution in [2.24, 2.45) is 0 Å². The van der Waals surface area contributed by atoms with Crippen LogP contribution in [0.25, 0.3) is 0 Å². The van der Waals surface area contributed by atoms with Gasteiger partial charge in [-0.3, -0.25) is 9.59 Å². The molecule has 2 unspecified atom stereocenters. The summed E-state index contributed by atoms with van der Waals surface area (Å²) in [5, 5.41) is 122. The standard InChI is InChI=1S/2C8H15NO6.C6H12O6/c2*1-3(11)9-5-7(13)6(12)4(2-10)15-8(5)14;7-1-3(9)5(11)6(12)4(10)2-8/h2*4-8,10,12-14H,2H2,1H3,(H,9,11);1,3-6,8-12H,2H2/t4-,5-,6+,7-,8?;4-,5-,6-,7-,8?;3-,4+,5+,6-/m110/s1. The van der Waals surface area contributed by atoms with Crippen molar-refractivity contribution in [2.75, 3.05) is 19.8 Å². The Morgan fingerprint density at radius 3 is 1.31 bits per heavy atom. The van der Waals surface area contributed by atoms with Crippen LogP contribution in [0.1, 0.15) is 13.8 Å². The van der Waals surface area contributed by atoms with Crippen LogP contribution in [0.5, 0.6) is 0 Å². The fourth-order valence-corrected chi connectivity index (χ4v) is 3.59. The van der Waals surface area contributed by atoms with Crippen molar-refractivity contribution in [3.8, 4) is 0 Å². The first-order valence-corrected chi connectivity index (χ1v) is 12.4. The highest BCUT2D eigenvalue weighted by Gasteiger charge is 2.45. The molecule has 2 saturated heterocycles. The van der Waals surface area contributed by atoms with E-state index in [4.69, 9.17) is 45.2 Å². The van der Waals surface area contributed by atoms with Crippen molar-refractivity contribution in [2.45, 2.75) is 99.6 Å². The maximum absolute atomic E-state index is 10.7. The zero-order valence-electron chi connectivity index (χ0n) is 22.6. The van der Waals surface area contributed by atoms with Crippen LogP contribution in [-0.4, -0.2) is 190 Å². The summed E-state index contributed by atoms with van der Waals surface area (Å²) in [6, 6.07) is -2.19. The molecule has 0 bridgehead atoms. The predicted molar refractivity (Wildman–Crippen MR) is 132 cm³/mol. The number of aliphatic hydroxyl groups is 13. The molecule has 0 spiro atoms. The van der Waals surface area contributed by atoms with Crippen molar-refractivity contribution >= 4 is 18.1 Å². The minimum Gasteiger partial charge on any atom is -0.394 e. The summed E-state index contributed by atoms with van der Waals surface area (Å²) in [6.07, 6.45) is -17.3. The molecule has 42 heavy (non-hydrogen) atoms. The van der Waals surface area contributed by atoms with Crippen molar-refractivity contribution < 1.29 is 90.2 Å². The molecule has 248 valence electrons. The fraction of sp³-hybridized carbons (Fsp3) is 0.864. The molecule has 2 heterocycles. The Labute approximate surface area is 239 Å². The average molecular weight is 623 g/mol. The van der Waals surface area contributed by atoms with E-state index >= 15 is 0 Å². The molecule has 2 rings (SSSR count). The fourth-order valence-electron chi connectivity index (χ4n) is 3.59. The lowest BCUT2D eigenvalue weighted by atomic mass is 9.97. The first-order chi connectivity index (χ1) is 19.5. The van der Waals surface area contributed by atoms with E-state index in [0.29, 0.717) is 0 Å². The molecule has 0 aromatic heterocycles. The van der Waals surface area contributed by atoms with Crippen molar-refractivity contribution in [3.05, 3.63) is 0 Å². The Bertz CT molecular complexity index is 761. The van der Waals surface area contributed by atoms with Crippen LogP contribution in [0.4, 0.5) is 0 Å². The Kier molecular flexibility index (Phi) is 18.4. The lowest BCUT2D eigenvalue weighted by molar-refractivity contribution is -0.253. The minimum atomic E-state index is -1.79. The summed E-state index contributed by atoms with van der Waals surface area (Å²) in [7, 11) is 0. The molecule has 2 fully saturated rings. The smallest absolute Gasteiger partial charge is 0.217 e. The number of rotatable bonds is 9. The zero-order chi connectivity index (χ0) is 32.9. The lowest BCUT2D eigenvalue weighted by Gasteiger charge is -2.40. The normalized spacial score (nSPS) is 35.5. The van der Waals surface area contributed by atoms with Gasteiger partial charge in [-0.15, -0.1) is 0 Å². The SMILES string of the molecule is CC(=O)N[C@H]1C(O)O[C@H](CO)[C@@H](O)[C@@H]1O.CC(=O)N[C@H]1C(O)O[C@H](CO)[C@H](O)[C@@H]1O.O=C[C@H](O)[C@@H](O)[C@@H](O)[C@H](O)CO. The maximum atomic E-state index is 10.7. The van der Waals surface area contributed by atoms with Crippen LogP contribution in [0, 0.1) is 0 Å². The minimum absolute atomic E-state index is 0.0258. The molecule has 0 aromatic rings. The van der Waals surface area contributed by atoms with Gasteiger partial charge in [-0.1, -0.05) is 0 Å². The Hall–Kier alpha value is -1.99. The highest BCUT2D eigenvalue weighted by atomic mass is 16.6. The highest BCUT2D eigenvalue weighted by molar-refractivity contribution is 5.73. The molecule has 0 aromatic carbocycles. The van der Waals surface area contributed by atoms with Gasteiger partial charge in [0.15, 0.2) is 18.9 Å². The third-order valence-corrected chi connectivity index (χ3v) is 5.96. The molecule has 2 aliphatic rings. The molecule has 2 amide bonds. The van der Waals surface area contributed by atoms with Crippen LogP contribution in [0.15, 0.2) is 0 Å². The molecular formula is C22H42N2O18. The van der Waals surface area contributed by atoms with Crippen molar-refractivity contribution in [1.82, 2.24) is 10.6 Å². The summed E-state index contributed by atoms with van der Waals surface area (Å²) < 4.78 is 9.62. The van der Waals surface area contributed by atoms with Gasteiger partial charge in [0.2, 0.25) is 11.8 Å². The van der Waals surface area contributed by atoms with Gasteiger partial charge in [0.05, 0.1) is 19.8 Å². The van der Waals surface area contributed by atoms with Crippen LogP contribution in [-0.2, 0) is 23.9 Å². The van der Waals surface area contributed by atoms with E-state index in [0.717, 1.165) is 0 Å². The van der Waals surface area contributed by atoms with Crippen LogP contribution in [0.3, 0.4) is 0 Å². The van der Waals surface area contributed by atoms with Crippen LogP contribution >= 0.6 is 0 Å². The molecule has 0 saturated carbocycles.